The van der Waals surface area contributed by atoms with Crippen LogP contribution in [0, 0.1) is 5.41 Å². The Morgan fingerprint density at radius 3 is 2.33 bits per heavy atom. The van der Waals surface area contributed by atoms with Crippen LogP contribution in [0.25, 0.3) is 0 Å². The van der Waals surface area contributed by atoms with Gasteiger partial charge in [0.2, 0.25) is 5.91 Å². The predicted octanol–water partition coefficient (Wildman–Crippen LogP) is -0.0297. The van der Waals surface area contributed by atoms with E-state index in [0.717, 1.165) is 11.8 Å². The number of carboxylic acids is 1. The van der Waals surface area contributed by atoms with Crippen molar-refractivity contribution in [2.45, 2.75) is 33.3 Å². The van der Waals surface area contributed by atoms with Gasteiger partial charge in [0.15, 0.2) is 5.12 Å². The highest BCUT2D eigenvalue weighted by molar-refractivity contribution is 8.13. The Labute approximate surface area is 144 Å². The van der Waals surface area contributed by atoms with Crippen molar-refractivity contribution in [1.82, 2.24) is 10.6 Å². The molecule has 1 atom stereocenters. The van der Waals surface area contributed by atoms with E-state index in [-0.39, 0.29) is 31.2 Å². The Balaban J connectivity index is 4.16. The molecule has 0 saturated carbocycles. The van der Waals surface area contributed by atoms with E-state index in [1.54, 1.807) is 0 Å². The second-order valence-corrected chi connectivity index (χ2v) is 6.94. The van der Waals surface area contributed by atoms with Crippen molar-refractivity contribution in [1.29, 1.82) is 0 Å². The lowest BCUT2D eigenvalue weighted by Crippen LogP contribution is -2.47. The average molecular weight is 364 g/mol. The quantitative estimate of drug-likeness (QED) is 0.396. The van der Waals surface area contributed by atoms with Gasteiger partial charge in [-0.3, -0.25) is 14.4 Å². The summed E-state index contributed by atoms with van der Waals surface area (Å²) < 4.78 is 4.95. The smallest absolute Gasteiger partial charge is 0.407 e. The van der Waals surface area contributed by atoms with E-state index in [4.69, 9.17) is 9.84 Å². The maximum Gasteiger partial charge on any atom is 0.407 e. The number of aliphatic hydroxyl groups is 1. The molecule has 2 amide bonds. The number of ether oxygens (including phenoxy) is 1. The summed E-state index contributed by atoms with van der Waals surface area (Å²) in [5.74, 6) is -1.38. The van der Waals surface area contributed by atoms with Crippen LogP contribution >= 0.6 is 11.8 Å². The van der Waals surface area contributed by atoms with E-state index in [2.05, 4.69) is 10.6 Å². The van der Waals surface area contributed by atoms with Crippen molar-refractivity contribution in [3.8, 4) is 0 Å². The number of amides is 2. The molecule has 0 aliphatic heterocycles. The number of nitrogens with one attached hydrogen (secondary N) is 2. The van der Waals surface area contributed by atoms with Crippen LogP contribution < -0.4 is 10.6 Å². The third kappa shape index (κ3) is 10.1. The van der Waals surface area contributed by atoms with Crippen LogP contribution in [0.15, 0.2) is 0 Å². The standard InChI is InChI=1S/C14H24N2O7S/c1-9(17)24-7-6-16-13(22)23-8-14(2,3)11(20)12(21)15-5-4-10(18)19/h11,20H,4-8H2,1-3H3,(H,15,21)(H,16,22)(H,18,19)/t11-/m0/s1. The van der Waals surface area contributed by atoms with Gasteiger partial charge in [0.1, 0.15) is 12.7 Å². The normalized spacial score (nSPS) is 12.2. The molecule has 0 bridgehead atoms. The van der Waals surface area contributed by atoms with Gasteiger partial charge in [0.25, 0.3) is 0 Å². The number of hydrogen-bond donors (Lipinski definition) is 4. The number of thioether (sulfide) groups is 1. The summed E-state index contributed by atoms with van der Waals surface area (Å²) in [6, 6.07) is 0. The highest BCUT2D eigenvalue weighted by Crippen LogP contribution is 2.21. The molecule has 0 spiro atoms. The zero-order valence-electron chi connectivity index (χ0n) is 14.0. The summed E-state index contributed by atoms with van der Waals surface area (Å²) in [6.07, 6.45) is -2.44. The van der Waals surface area contributed by atoms with Crippen LogP contribution in [0.4, 0.5) is 4.79 Å². The number of carbonyl (C=O) groups excluding carboxylic acids is 3. The number of rotatable bonds is 10. The summed E-state index contributed by atoms with van der Waals surface area (Å²) >= 11 is 1.07. The zero-order chi connectivity index (χ0) is 18.8. The molecule has 0 heterocycles. The second-order valence-electron chi connectivity index (χ2n) is 5.67. The highest BCUT2D eigenvalue weighted by atomic mass is 32.2. The second kappa shape index (κ2) is 10.9. The summed E-state index contributed by atoms with van der Waals surface area (Å²) in [6.45, 7) is 4.43. The molecule has 0 unspecified atom stereocenters. The molecule has 0 aliphatic carbocycles. The van der Waals surface area contributed by atoms with Crippen LogP contribution in [0.1, 0.15) is 27.2 Å². The lowest BCUT2D eigenvalue weighted by Gasteiger charge is -2.28. The molecule has 0 aromatic rings. The monoisotopic (exact) mass is 364 g/mol. The molecule has 0 rings (SSSR count). The first kappa shape index (κ1) is 22.2. The summed E-state index contributed by atoms with van der Waals surface area (Å²) in [5, 5.41) is 23.2. The van der Waals surface area contributed by atoms with Crippen molar-refractivity contribution in [2.24, 2.45) is 5.41 Å². The Kier molecular flexibility index (Phi) is 10.0. The van der Waals surface area contributed by atoms with Gasteiger partial charge in [0.05, 0.1) is 6.42 Å². The highest BCUT2D eigenvalue weighted by Gasteiger charge is 2.34. The van der Waals surface area contributed by atoms with Crippen LogP contribution in [0.5, 0.6) is 0 Å². The topological polar surface area (TPSA) is 142 Å². The molecule has 24 heavy (non-hydrogen) atoms. The molecular weight excluding hydrogens is 340 g/mol. The van der Waals surface area contributed by atoms with Gasteiger partial charge in [-0.15, -0.1) is 0 Å². The molecule has 0 saturated heterocycles. The van der Waals surface area contributed by atoms with Gasteiger partial charge in [0, 0.05) is 31.2 Å². The van der Waals surface area contributed by atoms with Crippen LogP contribution in [-0.2, 0) is 19.1 Å². The molecule has 0 radical (unpaired) electrons. The molecule has 138 valence electrons. The third-order valence-electron chi connectivity index (χ3n) is 2.88. The lowest BCUT2D eigenvalue weighted by molar-refractivity contribution is -0.138. The fourth-order valence-corrected chi connectivity index (χ4v) is 1.97. The molecule has 9 nitrogen and oxygen atoms in total. The molecule has 10 heteroatoms. The van der Waals surface area contributed by atoms with Gasteiger partial charge in [-0.2, -0.15) is 0 Å². The van der Waals surface area contributed by atoms with Gasteiger partial charge in [-0.05, 0) is 0 Å². The van der Waals surface area contributed by atoms with E-state index in [1.807, 2.05) is 0 Å². The van der Waals surface area contributed by atoms with Gasteiger partial charge < -0.3 is 25.6 Å². The number of hydrogen-bond acceptors (Lipinski definition) is 7. The number of alkyl carbamates (subject to hydrolysis) is 1. The third-order valence-corrected chi connectivity index (χ3v) is 3.69. The summed E-state index contributed by atoms with van der Waals surface area (Å²) in [7, 11) is 0. The Morgan fingerprint density at radius 1 is 1.17 bits per heavy atom. The summed E-state index contributed by atoms with van der Waals surface area (Å²) in [5.41, 5.74) is -1.06. The minimum atomic E-state index is -1.47. The van der Waals surface area contributed by atoms with Crippen LogP contribution in [-0.4, -0.2) is 64.9 Å². The van der Waals surface area contributed by atoms with E-state index in [1.165, 1.54) is 20.8 Å². The summed E-state index contributed by atoms with van der Waals surface area (Å²) in [4.78, 5) is 44.3. The molecule has 0 aromatic heterocycles. The molecule has 0 aromatic carbocycles. The van der Waals surface area contributed by atoms with Crippen molar-refractivity contribution in [2.75, 3.05) is 25.4 Å². The fourth-order valence-electron chi connectivity index (χ4n) is 1.47. The van der Waals surface area contributed by atoms with Crippen molar-refractivity contribution < 1.29 is 34.1 Å². The van der Waals surface area contributed by atoms with E-state index in [9.17, 15) is 24.3 Å². The molecule has 0 aliphatic rings. The van der Waals surface area contributed by atoms with Crippen molar-refractivity contribution >= 4 is 34.8 Å². The first-order chi connectivity index (χ1) is 11.1. The SMILES string of the molecule is CC(=O)SCCNC(=O)OCC(C)(C)[C@@H](O)C(=O)NCCC(=O)O. The molecule has 0 fully saturated rings. The molecular formula is C14H24N2O7S. The van der Waals surface area contributed by atoms with Crippen LogP contribution in [0.2, 0.25) is 0 Å². The maximum atomic E-state index is 11.7. The maximum absolute atomic E-state index is 11.7. The minimum absolute atomic E-state index is 0.0525. The minimum Gasteiger partial charge on any atom is -0.481 e. The first-order valence-electron chi connectivity index (χ1n) is 7.28. The van der Waals surface area contributed by atoms with Gasteiger partial charge >= 0.3 is 12.1 Å². The van der Waals surface area contributed by atoms with Gasteiger partial charge in [-0.25, -0.2) is 4.79 Å². The Bertz CT molecular complexity index is 468. The zero-order valence-corrected chi connectivity index (χ0v) is 14.8. The van der Waals surface area contributed by atoms with E-state index >= 15 is 0 Å². The number of carbonyl (C=O) groups is 4. The van der Waals surface area contributed by atoms with E-state index in [0.29, 0.717) is 5.75 Å². The van der Waals surface area contributed by atoms with E-state index < -0.39 is 29.5 Å². The van der Waals surface area contributed by atoms with Crippen LogP contribution in [0.3, 0.4) is 0 Å². The van der Waals surface area contributed by atoms with Crippen molar-refractivity contribution in [3.05, 3.63) is 0 Å². The average Bonchev–Trinajstić information content (AvgIpc) is 2.48. The predicted molar refractivity (Wildman–Crippen MR) is 87.5 cm³/mol. The lowest BCUT2D eigenvalue weighted by atomic mass is 9.87. The molecule has 4 N–H and O–H groups in total. The largest absolute Gasteiger partial charge is 0.481 e. The Morgan fingerprint density at radius 2 is 1.79 bits per heavy atom. The fraction of sp³-hybridized carbons (Fsp3) is 0.714. The first-order valence-corrected chi connectivity index (χ1v) is 8.26. The number of aliphatic hydroxyl groups excluding tert-OH is 1. The number of aliphatic carboxylic acids is 1. The number of carboxylic acid groups (broad SMARTS) is 1. The van der Waals surface area contributed by atoms with Crippen molar-refractivity contribution in [3.63, 3.8) is 0 Å². The van der Waals surface area contributed by atoms with Gasteiger partial charge in [-0.1, -0.05) is 25.6 Å². The Hall–Kier alpha value is -1.81.